The Morgan fingerprint density at radius 2 is 1.73 bits per heavy atom. The van der Waals surface area contributed by atoms with Gasteiger partial charge in [0.25, 0.3) is 5.91 Å². The summed E-state index contributed by atoms with van der Waals surface area (Å²) in [5, 5.41) is 7.08. The van der Waals surface area contributed by atoms with E-state index >= 15 is 0 Å². The highest BCUT2D eigenvalue weighted by molar-refractivity contribution is 6.62. The first-order valence-corrected chi connectivity index (χ1v) is 8.78. The average molecular weight is 355 g/mol. The van der Waals surface area contributed by atoms with Gasteiger partial charge in [-0.2, -0.15) is 5.10 Å². The summed E-state index contributed by atoms with van der Waals surface area (Å²) in [7, 11) is 1.30. The number of aromatic nitrogens is 2. The fourth-order valence-electron chi connectivity index (χ4n) is 2.91. The molecule has 1 N–H and O–H groups in total. The van der Waals surface area contributed by atoms with Gasteiger partial charge < -0.3 is 14.6 Å². The van der Waals surface area contributed by atoms with E-state index in [1.54, 1.807) is 17.9 Å². The van der Waals surface area contributed by atoms with Gasteiger partial charge in [0.1, 0.15) is 5.82 Å². The molecule has 6 nitrogen and oxygen atoms in total. The van der Waals surface area contributed by atoms with E-state index < -0.39 is 18.3 Å². The minimum atomic E-state index is -0.494. The van der Waals surface area contributed by atoms with Crippen molar-refractivity contribution in [2.24, 2.45) is 7.05 Å². The quantitative estimate of drug-likeness (QED) is 0.860. The molecule has 1 aliphatic rings. The number of carbonyl (C=O) groups excluding carboxylic acids is 1. The van der Waals surface area contributed by atoms with E-state index in [0.717, 1.165) is 16.6 Å². The molecule has 26 heavy (non-hydrogen) atoms. The monoisotopic (exact) mass is 355 g/mol. The van der Waals surface area contributed by atoms with Gasteiger partial charge in [0.05, 0.1) is 17.4 Å². The molecule has 1 aliphatic heterocycles. The SMILES string of the molecule is Cc1ccc(C(=O)Nc2c(C)cnn2C)cc1B1OC(C)(C)C(C)(C)O1. The Kier molecular flexibility index (Phi) is 4.49. The highest BCUT2D eigenvalue weighted by Crippen LogP contribution is 2.36. The van der Waals surface area contributed by atoms with Crippen molar-refractivity contribution >= 4 is 24.3 Å². The number of anilines is 1. The second-order valence-electron chi connectivity index (χ2n) is 7.91. The number of benzene rings is 1. The van der Waals surface area contributed by atoms with Gasteiger partial charge in [-0.05, 0) is 59.1 Å². The fraction of sp³-hybridized carbons (Fsp3) is 0.474. The zero-order valence-electron chi connectivity index (χ0n) is 16.5. The first-order chi connectivity index (χ1) is 12.0. The second-order valence-corrected chi connectivity index (χ2v) is 7.91. The molecule has 3 rings (SSSR count). The molecule has 2 aromatic rings. The van der Waals surface area contributed by atoms with Crippen LogP contribution >= 0.6 is 0 Å². The Labute approximate surface area is 155 Å². The Morgan fingerprint density at radius 3 is 2.27 bits per heavy atom. The van der Waals surface area contributed by atoms with Crippen LogP contribution in [0.5, 0.6) is 0 Å². The molecule has 1 amide bonds. The summed E-state index contributed by atoms with van der Waals surface area (Å²) >= 11 is 0. The second kappa shape index (κ2) is 6.25. The van der Waals surface area contributed by atoms with E-state index in [2.05, 4.69) is 10.4 Å². The van der Waals surface area contributed by atoms with Gasteiger partial charge in [0.15, 0.2) is 0 Å². The minimum Gasteiger partial charge on any atom is -0.399 e. The Balaban J connectivity index is 1.88. The van der Waals surface area contributed by atoms with E-state index in [1.165, 1.54) is 0 Å². The third kappa shape index (κ3) is 3.17. The predicted octanol–water partition coefficient (Wildman–Crippen LogP) is 2.59. The van der Waals surface area contributed by atoms with Gasteiger partial charge in [-0.25, -0.2) is 0 Å². The summed E-state index contributed by atoms with van der Waals surface area (Å²) < 4.78 is 13.9. The lowest BCUT2D eigenvalue weighted by molar-refractivity contribution is 0.00578. The van der Waals surface area contributed by atoms with Crippen LogP contribution in [0.4, 0.5) is 5.82 Å². The molecule has 1 saturated heterocycles. The van der Waals surface area contributed by atoms with Gasteiger partial charge in [-0.3, -0.25) is 9.48 Å². The lowest BCUT2D eigenvalue weighted by Crippen LogP contribution is -2.41. The van der Waals surface area contributed by atoms with Crippen molar-refractivity contribution in [1.29, 1.82) is 0 Å². The van der Waals surface area contributed by atoms with Crippen LogP contribution in [0.15, 0.2) is 24.4 Å². The summed E-state index contributed by atoms with van der Waals surface area (Å²) in [6.07, 6.45) is 1.72. The molecule has 0 bridgehead atoms. The van der Waals surface area contributed by atoms with Crippen molar-refractivity contribution in [3.63, 3.8) is 0 Å². The van der Waals surface area contributed by atoms with Crippen LogP contribution in [0.3, 0.4) is 0 Å². The van der Waals surface area contributed by atoms with Gasteiger partial charge in [0, 0.05) is 18.2 Å². The molecular weight excluding hydrogens is 329 g/mol. The molecule has 2 heterocycles. The molecular formula is C19H26BN3O3. The van der Waals surface area contributed by atoms with Crippen LogP contribution in [0.1, 0.15) is 49.2 Å². The third-order valence-electron chi connectivity index (χ3n) is 5.40. The molecule has 1 fully saturated rings. The third-order valence-corrected chi connectivity index (χ3v) is 5.40. The Hall–Kier alpha value is -2.12. The molecule has 0 spiro atoms. The van der Waals surface area contributed by atoms with Gasteiger partial charge >= 0.3 is 7.12 Å². The molecule has 0 radical (unpaired) electrons. The molecule has 0 saturated carbocycles. The maximum absolute atomic E-state index is 12.7. The standard InChI is InChI=1S/C19H26BN3O3/c1-12-8-9-14(17(24)22-16-13(2)11-21-23(16)7)10-15(12)20-25-18(3,4)19(5,6)26-20/h8-11H,1-7H3,(H,22,24). The summed E-state index contributed by atoms with van der Waals surface area (Å²) in [5.74, 6) is 0.502. The van der Waals surface area contributed by atoms with Gasteiger partial charge in [0.2, 0.25) is 0 Å². The first kappa shape index (κ1) is 18.7. The molecule has 1 aromatic heterocycles. The van der Waals surface area contributed by atoms with Gasteiger partial charge in [-0.1, -0.05) is 11.6 Å². The van der Waals surface area contributed by atoms with Crippen LogP contribution < -0.4 is 10.8 Å². The highest BCUT2D eigenvalue weighted by Gasteiger charge is 2.52. The molecule has 7 heteroatoms. The largest absolute Gasteiger partial charge is 0.495 e. The van der Waals surface area contributed by atoms with Crippen molar-refractivity contribution in [2.75, 3.05) is 5.32 Å². The fourth-order valence-corrected chi connectivity index (χ4v) is 2.91. The molecule has 0 atom stereocenters. The van der Waals surface area contributed by atoms with Crippen LogP contribution in [-0.4, -0.2) is 34.0 Å². The topological polar surface area (TPSA) is 65.4 Å². The Morgan fingerprint density at radius 1 is 1.12 bits per heavy atom. The van der Waals surface area contributed by atoms with E-state index in [0.29, 0.717) is 11.4 Å². The van der Waals surface area contributed by atoms with E-state index in [-0.39, 0.29) is 5.91 Å². The van der Waals surface area contributed by atoms with E-state index in [9.17, 15) is 4.79 Å². The molecule has 0 unspecified atom stereocenters. The van der Waals surface area contributed by atoms with Crippen molar-refractivity contribution in [1.82, 2.24) is 9.78 Å². The summed E-state index contributed by atoms with van der Waals surface area (Å²) in [4.78, 5) is 12.7. The summed E-state index contributed by atoms with van der Waals surface area (Å²) in [5.41, 5.74) is 2.53. The normalized spacial score (nSPS) is 18.2. The van der Waals surface area contributed by atoms with Crippen molar-refractivity contribution in [3.05, 3.63) is 41.1 Å². The first-order valence-electron chi connectivity index (χ1n) is 8.78. The lowest BCUT2D eigenvalue weighted by atomic mass is 9.75. The highest BCUT2D eigenvalue weighted by atomic mass is 16.7. The number of rotatable bonds is 3. The lowest BCUT2D eigenvalue weighted by Gasteiger charge is -2.32. The van der Waals surface area contributed by atoms with Crippen molar-refractivity contribution < 1.29 is 14.1 Å². The predicted molar refractivity (Wildman–Crippen MR) is 103 cm³/mol. The zero-order valence-corrected chi connectivity index (χ0v) is 16.5. The van der Waals surface area contributed by atoms with Crippen LogP contribution in [0.25, 0.3) is 0 Å². The van der Waals surface area contributed by atoms with Crippen molar-refractivity contribution in [2.45, 2.75) is 52.7 Å². The minimum absolute atomic E-state index is 0.186. The van der Waals surface area contributed by atoms with Crippen LogP contribution in [-0.2, 0) is 16.4 Å². The maximum atomic E-state index is 12.7. The summed E-state index contributed by atoms with van der Waals surface area (Å²) in [6.45, 7) is 12.0. The van der Waals surface area contributed by atoms with Crippen molar-refractivity contribution in [3.8, 4) is 0 Å². The zero-order chi connectivity index (χ0) is 19.3. The van der Waals surface area contributed by atoms with E-state index in [1.807, 2.05) is 59.7 Å². The van der Waals surface area contributed by atoms with Crippen LogP contribution in [0, 0.1) is 13.8 Å². The maximum Gasteiger partial charge on any atom is 0.495 e. The van der Waals surface area contributed by atoms with E-state index in [4.69, 9.17) is 9.31 Å². The molecule has 138 valence electrons. The van der Waals surface area contributed by atoms with Crippen LogP contribution in [0.2, 0.25) is 0 Å². The van der Waals surface area contributed by atoms with Gasteiger partial charge in [-0.15, -0.1) is 0 Å². The molecule has 1 aromatic carbocycles. The number of aryl methyl sites for hydroxylation is 3. The number of hydrogen-bond acceptors (Lipinski definition) is 4. The number of amides is 1. The number of hydrogen-bond donors (Lipinski definition) is 1. The molecule has 0 aliphatic carbocycles. The average Bonchev–Trinajstić information content (AvgIpc) is 2.96. The Bertz CT molecular complexity index is 822. The number of nitrogens with one attached hydrogen (secondary N) is 1. The summed E-state index contributed by atoms with van der Waals surface area (Å²) in [6, 6.07) is 5.58. The number of nitrogens with zero attached hydrogens (tertiary/aromatic N) is 2. The number of carbonyl (C=O) groups is 1. The smallest absolute Gasteiger partial charge is 0.399 e.